The van der Waals surface area contributed by atoms with Crippen LogP contribution in [0.5, 0.6) is 11.5 Å². The number of Topliss-reactive ketones (excluding diaryl/α,β-unsaturated/α-hetero) is 1. The zero-order valence-corrected chi connectivity index (χ0v) is 15.7. The Morgan fingerprint density at radius 1 is 1.26 bits per heavy atom. The maximum atomic E-state index is 14.3. The van der Waals surface area contributed by atoms with E-state index < -0.39 is 0 Å². The van der Waals surface area contributed by atoms with Crippen molar-refractivity contribution in [1.29, 1.82) is 0 Å². The number of ether oxygens (including phenoxy) is 2. The van der Waals surface area contributed by atoms with Crippen LogP contribution in [0.4, 0.5) is 4.39 Å². The number of carbonyl (C=O) groups is 2. The van der Waals surface area contributed by atoms with Gasteiger partial charge in [-0.3, -0.25) is 9.59 Å². The quantitative estimate of drug-likeness (QED) is 0.632. The van der Waals surface area contributed by atoms with Crippen molar-refractivity contribution in [2.45, 2.75) is 33.3 Å². The van der Waals surface area contributed by atoms with Crippen LogP contribution >= 0.6 is 0 Å². The predicted molar refractivity (Wildman–Crippen MR) is 101 cm³/mol. The van der Waals surface area contributed by atoms with Crippen LogP contribution in [0.15, 0.2) is 36.4 Å². The molecule has 0 amide bonds. The summed E-state index contributed by atoms with van der Waals surface area (Å²) in [5.41, 5.74) is 1.29. The fourth-order valence-electron chi connectivity index (χ4n) is 3.14. The van der Waals surface area contributed by atoms with Crippen LogP contribution in [-0.4, -0.2) is 24.8 Å². The van der Waals surface area contributed by atoms with Gasteiger partial charge >= 0.3 is 0 Å². The first-order chi connectivity index (χ1) is 12.9. The number of rotatable bonds is 8. The van der Waals surface area contributed by atoms with Crippen molar-refractivity contribution in [2.75, 3.05) is 6.61 Å². The predicted octanol–water partition coefficient (Wildman–Crippen LogP) is 4.70. The SMILES string of the molecule is CC(=O)C1CC1COc1ccc(-c2cc(OC(C)C)ccc2F)cc1C=O. The van der Waals surface area contributed by atoms with E-state index in [4.69, 9.17) is 9.47 Å². The Kier molecular flexibility index (Phi) is 5.59. The molecule has 2 unspecified atom stereocenters. The van der Waals surface area contributed by atoms with E-state index in [9.17, 15) is 14.0 Å². The molecule has 27 heavy (non-hydrogen) atoms. The van der Waals surface area contributed by atoms with Crippen LogP contribution < -0.4 is 9.47 Å². The van der Waals surface area contributed by atoms with E-state index in [1.165, 1.54) is 6.07 Å². The zero-order valence-electron chi connectivity index (χ0n) is 15.7. The number of benzene rings is 2. The fourth-order valence-corrected chi connectivity index (χ4v) is 3.14. The molecule has 1 saturated carbocycles. The standard InChI is InChI=1S/C22H23FO4/c1-13(2)27-18-5-6-21(23)20(10-18)15-4-7-22(16(8-15)11-24)26-12-17-9-19(17)14(3)25/h4-8,10-11,13,17,19H,9,12H2,1-3H3. The molecule has 0 heterocycles. The second-order valence-electron chi connectivity index (χ2n) is 7.20. The summed E-state index contributed by atoms with van der Waals surface area (Å²) >= 11 is 0. The third-order valence-electron chi connectivity index (χ3n) is 4.66. The minimum absolute atomic E-state index is 0.0223. The molecule has 0 spiro atoms. The van der Waals surface area contributed by atoms with Crippen molar-refractivity contribution in [3.05, 3.63) is 47.8 Å². The largest absolute Gasteiger partial charge is 0.493 e. The molecule has 2 aromatic carbocycles. The average molecular weight is 370 g/mol. The molecule has 0 radical (unpaired) electrons. The number of carbonyl (C=O) groups excluding carboxylic acids is 2. The monoisotopic (exact) mass is 370 g/mol. The molecule has 0 aromatic heterocycles. The van der Waals surface area contributed by atoms with Gasteiger partial charge in [-0.2, -0.15) is 0 Å². The second kappa shape index (κ2) is 7.91. The van der Waals surface area contributed by atoms with Gasteiger partial charge in [0.15, 0.2) is 6.29 Å². The topological polar surface area (TPSA) is 52.6 Å². The number of hydrogen-bond donors (Lipinski definition) is 0. The minimum atomic E-state index is -0.390. The van der Waals surface area contributed by atoms with Crippen LogP contribution in [-0.2, 0) is 4.79 Å². The number of aldehydes is 1. The smallest absolute Gasteiger partial charge is 0.153 e. The Morgan fingerprint density at radius 2 is 2.04 bits per heavy atom. The highest BCUT2D eigenvalue weighted by molar-refractivity contribution is 5.83. The highest BCUT2D eigenvalue weighted by atomic mass is 19.1. The Balaban J connectivity index is 1.80. The molecule has 0 saturated heterocycles. The molecule has 1 aliphatic carbocycles. The van der Waals surface area contributed by atoms with E-state index in [1.807, 2.05) is 13.8 Å². The van der Waals surface area contributed by atoms with Gasteiger partial charge in [0, 0.05) is 17.4 Å². The lowest BCUT2D eigenvalue weighted by atomic mass is 10.0. The van der Waals surface area contributed by atoms with Gasteiger partial charge in [-0.25, -0.2) is 4.39 Å². The molecule has 142 valence electrons. The molecular weight excluding hydrogens is 347 g/mol. The molecule has 0 aliphatic heterocycles. The van der Waals surface area contributed by atoms with Gasteiger partial charge < -0.3 is 9.47 Å². The van der Waals surface area contributed by atoms with Crippen molar-refractivity contribution in [2.24, 2.45) is 11.8 Å². The van der Waals surface area contributed by atoms with Gasteiger partial charge in [0.1, 0.15) is 23.1 Å². The summed E-state index contributed by atoms with van der Waals surface area (Å²) in [6, 6.07) is 9.55. The molecule has 1 aliphatic rings. The number of hydrogen-bond acceptors (Lipinski definition) is 4. The molecule has 0 bridgehead atoms. The Hall–Kier alpha value is -2.69. The van der Waals surface area contributed by atoms with Crippen molar-refractivity contribution in [1.82, 2.24) is 0 Å². The molecule has 5 heteroatoms. The van der Waals surface area contributed by atoms with E-state index in [0.717, 1.165) is 6.42 Å². The average Bonchev–Trinajstić information content (AvgIpc) is 3.41. The van der Waals surface area contributed by atoms with Gasteiger partial charge in [0.05, 0.1) is 18.3 Å². The van der Waals surface area contributed by atoms with Crippen molar-refractivity contribution >= 4 is 12.1 Å². The van der Waals surface area contributed by atoms with Crippen LogP contribution in [0.2, 0.25) is 0 Å². The summed E-state index contributed by atoms with van der Waals surface area (Å²) in [4.78, 5) is 22.8. The second-order valence-corrected chi connectivity index (χ2v) is 7.20. The van der Waals surface area contributed by atoms with Gasteiger partial charge in [-0.15, -0.1) is 0 Å². The third kappa shape index (κ3) is 4.54. The number of halogens is 1. The summed E-state index contributed by atoms with van der Waals surface area (Å²) in [5.74, 6) is 1.08. The van der Waals surface area contributed by atoms with Gasteiger partial charge in [-0.1, -0.05) is 6.07 Å². The fraction of sp³-hybridized carbons (Fsp3) is 0.364. The summed E-state index contributed by atoms with van der Waals surface area (Å²) < 4.78 is 25.7. The van der Waals surface area contributed by atoms with Crippen LogP contribution in [0.3, 0.4) is 0 Å². The molecule has 3 rings (SSSR count). The Bertz CT molecular complexity index is 859. The maximum Gasteiger partial charge on any atom is 0.153 e. The van der Waals surface area contributed by atoms with E-state index in [1.54, 1.807) is 37.3 Å². The van der Waals surface area contributed by atoms with Crippen molar-refractivity contribution < 1.29 is 23.5 Å². The summed E-state index contributed by atoms with van der Waals surface area (Å²) in [5, 5.41) is 0. The molecule has 2 atom stereocenters. The zero-order chi connectivity index (χ0) is 19.6. The molecule has 4 nitrogen and oxygen atoms in total. The Labute approximate surface area is 158 Å². The third-order valence-corrected chi connectivity index (χ3v) is 4.66. The first kappa shape index (κ1) is 19.1. The Morgan fingerprint density at radius 3 is 2.67 bits per heavy atom. The minimum Gasteiger partial charge on any atom is -0.493 e. The molecule has 2 aromatic rings. The molecule has 0 N–H and O–H groups in total. The molecular formula is C22H23FO4. The van der Waals surface area contributed by atoms with Crippen molar-refractivity contribution in [3.8, 4) is 22.6 Å². The van der Waals surface area contributed by atoms with E-state index >= 15 is 0 Å². The lowest BCUT2D eigenvalue weighted by molar-refractivity contribution is -0.118. The summed E-state index contributed by atoms with van der Waals surface area (Å²) in [6.07, 6.45) is 1.50. The number of ketones is 1. The lowest BCUT2D eigenvalue weighted by Crippen LogP contribution is -2.06. The molecule has 1 fully saturated rings. The van der Waals surface area contributed by atoms with Crippen LogP contribution in [0, 0.1) is 17.7 Å². The van der Waals surface area contributed by atoms with Gasteiger partial charge in [-0.05, 0) is 63.1 Å². The summed E-state index contributed by atoms with van der Waals surface area (Å²) in [6.45, 7) is 5.78. The van der Waals surface area contributed by atoms with Crippen LogP contribution in [0.25, 0.3) is 11.1 Å². The van der Waals surface area contributed by atoms with Crippen LogP contribution in [0.1, 0.15) is 37.6 Å². The van der Waals surface area contributed by atoms with Gasteiger partial charge in [0.25, 0.3) is 0 Å². The normalized spacial score (nSPS) is 18.3. The summed E-state index contributed by atoms with van der Waals surface area (Å²) in [7, 11) is 0. The first-order valence-corrected chi connectivity index (χ1v) is 9.08. The highest BCUT2D eigenvalue weighted by Gasteiger charge is 2.41. The maximum absolute atomic E-state index is 14.3. The van der Waals surface area contributed by atoms with E-state index in [2.05, 4.69) is 0 Å². The van der Waals surface area contributed by atoms with Gasteiger partial charge in [0.2, 0.25) is 0 Å². The van der Waals surface area contributed by atoms with E-state index in [-0.39, 0.29) is 29.5 Å². The lowest BCUT2D eigenvalue weighted by Gasteiger charge is -2.13. The van der Waals surface area contributed by atoms with Crippen molar-refractivity contribution in [3.63, 3.8) is 0 Å². The highest BCUT2D eigenvalue weighted by Crippen LogP contribution is 2.40. The van der Waals surface area contributed by atoms with E-state index in [0.29, 0.717) is 41.1 Å². The first-order valence-electron chi connectivity index (χ1n) is 9.08.